The monoisotopic (exact) mass is 680 g/mol. The highest BCUT2D eigenvalue weighted by molar-refractivity contribution is 5.83. The zero-order chi connectivity index (χ0) is 36.0. The van der Waals surface area contributed by atoms with Gasteiger partial charge in [-0.2, -0.15) is 0 Å². The van der Waals surface area contributed by atoms with E-state index in [4.69, 9.17) is 9.47 Å². The SMILES string of the molecule is COc1c(/C=C/c2cc(F)c(/C=C/c3cc4c5c(c3OC)C(C)(C)CCN5CCC4(C)C)cc2F)cc2c3c1C(C)(C)CCN3CCC2(C)C. The van der Waals surface area contributed by atoms with Gasteiger partial charge in [-0.15, -0.1) is 0 Å². The number of benzene rings is 3. The molecule has 4 heterocycles. The number of hydrogen-bond acceptors (Lipinski definition) is 4. The first-order chi connectivity index (χ1) is 23.5. The normalized spacial score (nSPS) is 21.0. The van der Waals surface area contributed by atoms with Gasteiger partial charge in [0.05, 0.1) is 14.2 Å². The van der Waals surface area contributed by atoms with E-state index in [1.165, 1.54) is 45.8 Å². The van der Waals surface area contributed by atoms with Crippen LogP contribution < -0.4 is 19.3 Å². The van der Waals surface area contributed by atoms with Crippen LogP contribution >= 0.6 is 0 Å². The van der Waals surface area contributed by atoms with Crippen LogP contribution in [-0.4, -0.2) is 40.4 Å². The standard InChI is InChI=1S/C44H54F2N2O2/c1-41(2)15-19-47-21-17-43(5,6)35-37(47)31(41)23-29(39(35)49-9)13-11-27-25-34(46)28(26-33(27)45)12-14-30-24-32-38-36(40(30)50-10)44(7,8)18-22-48(38)20-16-42(32,3)4/h11-14,23-26H,15-22H2,1-10H3/b13-11+,14-12+. The highest BCUT2D eigenvalue weighted by Gasteiger charge is 2.44. The molecular weight excluding hydrogens is 626 g/mol. The summed E-state index contributed by atoms with van der Waals surface area (Å²) in [4.78, 5) is 5.01. The number of rotatable bonds is 6. The minimum absolute atomic E-state index is 0.00242. The summed E-state index contributed by atoms with van der Waals surface area (Å²) in [6.07, 6.45) is 11.3. The molecule has 0 unspecified atom stereocenters. The summed E-state index contributed by atoms with van der Waals surface area (Å²) in [7, 11) is 3.43. The zero-order valence-corrected chi connectivity index (χ0v) is 31.7. The third-order valence-corrected chi connectivity index (χ3v) is 12.4. The van der Waals surface area contributed by atoms with E-state index < -0.39 is 11.6 Å². The molecule has 0 fully saturated rings. The van der Waals surface area contributed by atoms with Gasteiger partial charge in [-0.05, 0) is 82.7 Å². The van der Waals surface area contributed by atoms with E-state index in [9.17, 15) is 0 Å². The highest BCUT2D eigenvalue weighted by Crippen LogP contribution is 2.55. The van der Waals surface area contributed by atoms with Gasteiger partial charge in [0.1, 0.15) is 23.1 Å². The van der Waals surface area contributed by atoms with Crippen LogP contribution in [0.15, 0.2) is 24.3 Å². The summed E-state index contributed by atoms with van der Waals surface area (Å²) in [5.41, 5.74) is 9.66. The molecule has 0 amide bonds. The molecule has 0 atom stereocenters. The van der Waals surface area contributed by atoms with Gasteiger partial charge in [0, 0.05) is 70.9 Å². The van der Waals surface area contributed by atoms with Gasteiger partial charge in [0.25, 0.3) is 0 Å². The van der Waals surface area contributed by atoms with E-state index >= 15 is 8.78 Å². The molecule has 7 rings (SSSR count). The molecule has 0 spiro atoms. The van der Waals surface area contributed by atoms with E-state index in [2.05, 4.69) is 77.3 Å². The van der Waals surface area contributed by atoms with Crippen molar-refractivity contribution in [1.29, 1.82) is 0 Å². The Morgan fingerprint density at radius 3 is 1.16 bits per heavy atom. The first kappa shape index (κ1) is 34.6. The van der Waals surface area contributed by atoms with E-state index in [0.717, 1.165) is 74.5 Å². The van der Waals surface area contributed by atoms with Gasteiger partial charge in [-0.25, -0.2) is 8.78 Å². The van der Waals surface area contributed by atoms with Crippen LogP contribution in [0.5, 0.6) is 11.5 Å². The quantitative estimate of drug-likeness (QED) is 0.242. The second-order valence-corrected chi connectivity index (χ2v) is 17.6. The van der Waals surface area contributed by atoms with Crippen molar-refractivity contribution in [3.8, 4) is 11.5 Å². The maximum Gasteiger partial charge on any atom is 0.131 e. The molecule has 6 heteroatoms. The van der Waals surface area contributed by atoms with E-state index in [1.807, 2.05) is 12.2 Å². The lowest BCUT2D eigenvalue weighted by Crippen LogP contribution is -2.45. The topological polar surface area (TPSA) is 24.9 Å². The molecule has 0 N–H and O–H groups in total. The Morgan fingerprint density at radius 1 is 0.500 bits per heavy atom. The van der Waals surface area contributed by atoms with Crippen molar-refractivity contribution in [2.45, 2.75) is 103 Å². The van der Waals surface area contributed by atoms with Crippen LogP contribution in [0.1, 0.15) is 126 Å². The van der Waals surface area contributed by atoms with Gasteiger partial charge >= 0.3 is 0 Å². The molecule has 3 aromatic carbocycles. The Bertz CT molecular complexity index is 1790. The number of nitrogens with zero attached hydrogens (tertiary/aromatic N) is 2. The molecule has 0 bridgehead atoms. The average molecular weight is 681 g/mol. The zero-order valence-electron chi connectivity index (χ0n) is 31.7. The molecule has 4 aliphatic rings. The lowest BCUT2D eigenvalue weighted by molar-refractivity contribution is 0.362. The summed E-state index contributed by atoms with van der Waals surface area (Å²) >= 11 is 0. The van der Waals surface area contributed by atoms with Crippen molar-refractivity contribution in [2.24, 2.45) is 0 Å². The molecule has 0 radical (unpaired) electrons. The molecule has 4 nitrogen and oxygen atoms in total. The average Bonchev–Trinajstić information content (AvgIpc) is 3.05. The molecule has 0 saturated carbocycles. The molecule has 50 heavy (non-hydrogen) atoms. The fourth-order valence-electron chi connectivity index (χ4n) is 9.02. The predicted octanol–water partition coefficient (Wildman–Crippen LogP) is 10.7. The van der Waals surface area contributed by atoms with Crippen molar-refractivity contribution in [1.82, 2.24) is 0 Å². The molecule has 3 aromatic rings. The minimum Gasteiger partial charge on any atom is -0.496 e. The van der Waals surface area contributed by atoms with Gasteiger partial charge in [-0.3, -0.25) is 0 Å². The summed E-state index contributed by atoms with van der Waals surface area (Å²) in [5.74, 6) is 0.691. The van der Waals surface area contributed by atoms with Crippen molar-refractivity contribution >= 4 is 35.7 Å². The Balaban J connectivity index is 1.26. The van der Waals surface area contributed by atoms with Crippen LogP contribution in [0, 0.1) is 11.6 Å². The number of methoxy groups -OCH3 is 2. The lowest BCUT2D eigenvalue weighted by atomic mass is 9.68. The van der Waals surface area contributed by atoms with Crippen LogP contribution in [0.2, 0.25) is 0 Å². The Hall–Kier alpha value is -3.80. The molecule has 4 aliphatic heterocycles. The van der Waals surface area contributed by atoms with Crippen molar-refractivity contribution < 1.29 is 18.3 Å². The third kappa shape index (κ3) is 5.52. The van der Waals surface area contributed by atoms with E-state index in [0.29, 0.717) is 0 Å². The minimum atomic E-state index is -0.474. The van der Waals surface area contributed by atoms with Gasteiger partial charge in [0.2, 0.25) is 0 Å². The molecule has 0 saturated heterocycles. The first-order valence-corrected chi connectivity index (χ1v) is 18.4. The van der Waals surface area contributed by atoms with Crippen LogP contribution in [0.25, 0.3) is 24.3 Å². The maximum atomic E-state index is 15.8. The number of anilines is 2. The summed E-state index contributed by atoms with van der Waals surface area (Å²) < 4.78 is 43.8. The smallest absolute Gasteiger partial charge is 0.131 e. The number of hydrogen-bond donors (Lipinski definition) is 0. The van der Waals surface area contributed by atoms with Crippen molar-refractivity contribution in [3.05, 3.63) is 80.4 Å². The number of halogens is 2. The highest BCUT2D eigenvalue weighted by atomic mass is 19.1. The van der Waals surface area contributed by atoms with Crippen LogP contribution in [-0.2, 0) is 21.7 Å². The second-order valence-electron chi connectivity index (χ2n) is 17.6. The van der Waals surface area contributed by atoms with E-state index in [1.54, 1.807) is 26.4 Å². The number of ether oxygens (including phenoxy) is 2. The fraction of sp³-hybridized carbons (Fsp3) is 0.500. The largest absolute Gasteiger partial charge is 0.496 e. The maximum absolute atomic E-state index is 15.8. The van der Waals surface area contributed by atoms with Crippen LogP contribution in [0.4, 0.5) is 20.2 Å². The lowest BCUT2D eigenvalue weighted by Gasteiger charge is -2.48. The first-order valence-electron chi connectivity index (χ1n) is 18.4. The Labute approximate surface area is 298 Å². The molecule has 266 valence electrons. The van der Waals surface area contributed by atoms with Crippen molar-refractivity contribution in [3.63, 3.8) is 0 Å². The van der Waals surface area contributed by atoms with Crippen molar-refractivity contribution in [2.75, 3.05) is 50.2 Å². The van der Waals surface area contributed by atoms with E-state index in [-0.39, 0.29) is 32.8 Å². The second kappa shape index (κ2) is 11.9. The van der Waals surface area contributed by atoms with Crippen LogP contribution in [0.3, 0.4) is 0 Å². The van der Waals surface area contributed by atoms with Gasteiger partial charge in [-0.1, -0.05) is 79.7 Å². The molecule has 0 aliphatic carbocycles. The molecule has 0 aromatic heterocycles. The van der Waals surface area contributed by atoms with Gasteiger partial charge < -0.3 is 19.3 Å². The predicted molar refractivity (Wildman–Crippen MR) is 205 cm³/mol. The summed E-state index contributed by atoms with van der Waals surface area (Å²) in [5, 5.41) is 0. The third-order valence-electron chi connectivity index (χ3n) is 12.4. The molecular formula is C44H54F2N2O2. The Kier molecular flexibility index (Phi) is 8.23. The summed E-state index contributed by atoms with van der Waals surface area (Å²) in [6, 6.07) is 7.00. The van der Waals surface area contributed by atoms with Gasteiger partial charge in [0.15, 0.2) is 0 Å². The fourth-order valence-corrected chi connectivity index (χ4v) is 9.02. The Morgan fingerprint density at radius 2 is 0.820 bits per heavy atom. The summed E-state index contributed by atoms with van der Waals surface area (Å²) in [6.45, 7) is 22.4.